The molecule has 1 unspecified atom stereocenters. The maximum Gasteiger partial charge on any atom is 0.310 e. The molecule has 3 aromatic carbocycles. The first-order chi connectivity index (χ1) is 14.2. The second kappa shape index (κ2) is 9.92. The van der Waals surface area contributed by atoms with Gasteiger partial charge in [-0.2, -0.15) is 5.26 Å². The van der Waals surface area contributed by atoms with E-state index in [1.807, 2.05) is 60.7 Å². The fraction of sp³-hybridized carbons (Fsp3) is 0.160. The third-order valence-corrected chi connectivity index (χ3v) is 8.80. The highest BCUT2D eigenvalue weighted by Crippen LogP contribution is 2.43. The zero-order valence-corrected chi connectivity index (χ0v) is 17.3. The molecule has 0 aliphatic rings. The third kappa shape index (κ3) is 4.86. The molecule has 0 bridgehead atoms. The molecule has 146 valence electrons. The number of carbonyl (C=O) groups is 1. The maximum atomic E-state index is 12.5. The van der Waals surface area contributed by atoms with Crippen molar-refractivity contribution >= 4 is 34.6 Å². The molecule has 0 aromatic heterocycles. The maximum absolute atomic E-state index is 12.5. The van der Waals surface area contributed by atoms with Crippen molar-refractivity contribution in [2.45, 2.75) is 25.9 Å². The molecule has 0 radical (unpaired) electrons. The number of nitriles is 1. The summed E-state index contributed by atoms with van der Waals surface area (Å²) in [5, 5.41) is 12.4. The van der Waals surface area contributed by atoms with Crippen molar-refractivity contribution in [1.82, 2.24) is 0 Å². The number of nitrogens with zero attached hydrogens (tertiary/aromatic N) is 1. The number of hydrogen-bond donors (Lipinski definition) is 0. The number of rotatable bonds is 7. The predicted octanol–water partition coefficient (Wildman–Crippen LogP) is 4.02. The van der Waals surface area contributed by atoms with Gasteiger partial charge in [0, 0.05) is 0 Å². The lowest BCUT2D eigenvalue weighted by molar-refractivity contribution is -0.146. The van der Waals surface area contributed by atoms with Crippen LogP contribution in [0.1, 0.15) is 19.8 Å². The van der Waals surface area contributed by atoms with Crippen molar-refractivity contribution in [3.8, 4) is 6.07 Å². The summed E-state index contributed by atoms with van der Waals surface area (Å²) in [6.07, 6.45) is -0.0246. The Balaban J connectivity index is 2.15. The quantitative estimate of drug-likeness (QED) is 0.444. The Labute approximate surface area is 172 Å². The van der Waals surface area contributed by atoms with Gasteiger partial charge in [0.1, 0.15) is 6.10 Å². The molecule has 0 aliphatic carbocycles. The van der Waals surface area contributed by atoms with Crippen LogP contribution in [-0.4, -0.2) is 17.9 Å². The predicted molar refractivity (Wildman–Crippen MR) is 122 cm³/mol. The zero-order valence-electron chi connectivity index (χ0n) is 16.4. The van der Waals surface area contributed by atoms with Crippen LogP contribution in [0.4, 0.5) is 0 Å². The van der Waals surface area contributed by atoms with E-state index in [1.165, 1.54) is 15.9 Å². The molecule has 0 amide bonds. The van der Waals surface area contributed by atoms with E-state index in [0.717, 1.165) is 0 Å². The lowest BCUT2D eigenvalue weighted by Gasteiger charge is -2.28. The van der Waals surface area contributed by atoms with Gasteiger partial charge >= 0.3 is 5.97 Å². The number of carbonyl (C=O) groups excluding carboxylic acids is 1. The van der Waals surface area contributed by atoms with Crippen molar-refractivity contribution in [3.63, 3.8) is 0 Å². The lowest BCUT2D eigenvalue weighted by Crippen LogP contribution is -2.27. The van der Waals surface area contributed by atoms with Gasteiger partial charge in [0.15, 0.2) is 0 Å². The first-order valence-corrected chi connectivity index (χ1v) is 11.5. The highest BCUT2D eigenvalue weighted by molar-refractivity contribution is 7.94. The minimum atomic E-state index is -2.16. The van der Waals surface area contributed by atoms with Gasteiger partial charge in [-0.05, 0) is 29.7 Å². The van der Waals surface area contributed by atoms with Crippen LogP contribution in [0.5, 0.6) is 0 Å². The van der Waals surface area contributed by atoms with Crippen LogP contribution in [0.15, 0.2) is 91.0 Å². The first kappa shape index (κ1) is 20.6. The van der Waals surface area contributed by atoms with Gasteiger partial charge in [-0.15, -0.1) is 0 Å². The molecule has 1 atom stereocenters. The molecule has 0 N–H and O–H groups in total. The minimum absolute atomic E-state index is 0.183. The molecule has 0 spiro atoms. The second-order valence-corrected chi connectivity index (χ2v) is 10.1. The Bertz CT molecular complexity index is 921. The van der Waals surface area contributed by atoms with E-state index in [9.17, 15) is 4.79 Å². The van der Waals surface area contributed by atoms with Crippen LogP contribution in [0.25, 0.3) is 0 Å². The van der Waals surface area contributed by atoms with Crippen LogP contribution < -0.4 is 15.9 Å². The van der Waals surface area contributed by atoms with Gasteiger partial charge in [0.2, 0.25) is 0 Å². The summed E-state index contributed by atoms with van der Waals surface area (Å²) in [6, 6.07) is 33.1. The average molecular weight is 401 g/mol. The van der Waals surface area contributed by atoms with Crippen molar-refractivity contribution in [3.05, 3.63) is 91.0 Å². The molecule has 3 nitrogen and oxygen atoms in total. The van der Waals surface area contributed by atoms with E-state index in [4.69, 9.17) is 10.00 Å². The Morgan fingerprint density at radius 1 is 0.897 bits per heavy atom. The molecule has 29 heavy (non-hydrogen) atoms. The highest BCUT2D eigenvalue weighted by atomic mass is 31.2. The molecule has 0 fully saturated rings. The number of esters is 1. The average Bonchev–Trinajstić information content (AvgIpc) is 2.76. The van der Waals surface area contributed by atoms with Crippen molar-refractivity contribution in [2.75, 3.05) is 0 Å². The first-order valence-electron chi connectivity index (χ1n) is 9.63. The molecule has 3 aromatic rings. The standard InChI is InChI=1S/C25H24NO2P/c1-21(17-19-26)28-25(27)18-20-29(22-11-5-2-6-12-22,23-13-7-3-8-14-23)24-15-9-4-10-16-24/h2-16,20-21H,17-18H2,1H3. The Hall–Kier alpha value is -3.08. The Kier molecular flexibility index (Phi) is 7.06. The van der Waals surface area contributed by atoms with Gasteiger partial charge in [0.25, 0.3) is 0 Å². The van der Waals surface area contributed by atoms with Crippen LogP contribution in [-0.2, 0) is 9.53 Å². The smallest absolute Gasteiger partial charge is 0.310 e. The number of ether oxygens (including phenoxy) is 1. The lowest BCUT2D eigenvalue weighted by atomic mass is 10.3. The molecular weight excluding hydrogens is 377 g/mol. The van der Waals surface area contributed by atoms with Gasteiger partial charge in [-0.1, -0.05) is 96.8 Å². The topological polar surface area (TPSA) is 50.1 Å². The summed E-state index contributed by atoms with van der Waals surface area (Å²) in [7, 11) is 0. The van der Waals surface area contributed by atoms with Gasteiger partial charge in [0.05, 0.1) is 18.9 Å². The molecule has 0 aliphatic heterocycles. The van der Waals surface area contributed by atoms with Gasteiger partial charge in [-0.25, -0.2) is 0 Å². The summed E-state index contributed by atoms with van der Waals surface area (Å²) in [6.45, 7) is -0.412. The van der Waals surface area contributed by atoms with Crippen molar-refractivity contribution < 1.29 is 9.53 Å². The van der Waals surface area contributed by atoms with Crippen LogP contribution >= 0.6 is 6.89 Å². The summed E-state index contributed by atoms with van der Waals surface area (Å²) in [5.41, 5.74) is 0. The molecule has 0 heterocycles. The third-order valence-electron chi connectivity index (χ3n) is 4.73. The zero-order chi connectivity index (χ0) is 20.5. The van der Waals surface area contributed by atoms with Crippen LogP contribution in [0.3, 0.4) is 0 Å². The summed E-state index contributed by atoms with van der Waals surface area (Å²) in [4.78, 5) is 12.5. The molecule has 3 rings (SSSR count). The van der Waals surface area contributed by atoms with E-state index in [0.29, 0.717) is 0 Å². The summed E-state index contributed by atoms with van der Waals surface area (Å²) >= 11 is 0. The Morgan fingerprint density at radius 3 is 1.69 bits per heavy atom. The van der Waals surface area contributed by atoms with Gasteiger partial charge in [-0.3, -0.25) is 4.79 Å². The van der Waals surface area contributed by atoms with E-state index in [1.54, 1.807) is 6.92 Å². The fourth-order valence-electron chi connectivity index (χ4n) is 3.41. The monoisotopic (exact) mass is 401 g/mol. The molecule has 0 saturated heterocycles. The SMILES string of the molecule is CC(CC#N)OC(=O)CC=P(c1ccccc1)(c1ccccc1)c1ccccc1. The number of hydrogen-bond acceptors (Lipinski definition) is 3. The minimum Gasteiger partial charge on any atom is -0.461 e. The van der Waals surface area contributed by atoms with E-state index >= 15 is 0 Å². The van der Waals surface area contributed by atoms with Crippen molar-refractivity contribution in [1.29, 1.82) is 5.26 Å². The van der Waals surface area contributed by atoms with E-state index < -0.39 is 13.0 Å². The summed E-state index contributed by atoms with van der Waals surface area (Å²) in [5.74, 6) is 1.83. The highest BCUT2D eigenvalue weighted by Gasteiger charge is 2.25. The second-order valence-electron chi connectivity index (χ2n) is 6.78. The molecule has 0 saturated carbocycles. The van der Waals surface area contributed by atoms with E-state index in [2.05, 4.69) is 42.2 Å². The van der Waals surface area contributed by atoms with Crippen molar-refractivity contribution in [2.24, 2.45) is 0 Å². The molecular formula is C25H24NO2P. The number of benzene rings is 3. The van der Waals surface area contributed by atoms with Crippen LogP contribution in [0, 0.1) is 11.3 Å². The summed E-state index contributed by atoms with van der Waals surface area (Å²) < 4.78 is 5.42. The van der Waals surface area contributed by atoms with E-state index in [-0.39, 0.29) is 18.8 Å². The Morgan fingerprint density at radius 2 is 1.31 bits per heavy atom. The fourth-order valence-corrected chi connectivity index (χ4v) is 7.28. The normalized spacial score (nSPS) is 11.9. The largest absolute Gasteiger partial charge is 0.461 e. The van der Waals surface area contributed by atoms with Crippen LogP contribution in [0.2, 0.25) is 0 Å². The van der Waals surface area contributed by atoms with Gasteiger partial charge < -0.3 is 4.74 Å². The molecule has 4 heteroatoms.